The van der Waals surface area contributed by atoms with Gasteiger partial charge in [-0.05, 0) is 0 Å². The molecule has 0 aromatic rings. The summed E-state index contributed by atoms with van der Waals surface area (Å²) in [4.78, 5) is 26.1. The summed E-state index contributed by atoms with van der Waals surface area (Å²) in [6.45, 7) is 0. The van der Waals surface area contributed by atoms with Gasteiger partial charge in [0.25, 0.3) is 0 Å². The number of nitrogens with zero attached hydrogens (tertiary/aromatic N) is 1. The Bertz CT molecular complexity index is 148. The van der Waals surface area contributed by atoms with Gasteiger partial charge in [0.2, 0.25) is 0 Å². The van der Waals surface area contributed by atoms with Crippen molar-refractivity contribution in [3.63, 3.8) is 0 Å². The van der Waals surface area contributed by atoms with Crippen LogP contribution in [0.15, 0.2) is 0 Å². The van der Waals surface area contributed by atoms with Gasteiger partial charge in [0.15, 0.2) is 0 Å². The zero-order valence-electron chi connectivity index (χ0n) is 7.84. The zero-order valence-corrected chi connectivity index (χ0v) is 8.88. The van der Waals surface area contributed by atoms with E-state index in [2.05, 4.69) is 0 Å². The number of carboxylic acid groups (broad SMARTS) is 2. The average Bonchev–Trinajstić information content (AvgIpc) is 1.63. The maximum absolute atomic E-state index is 8.93. The fraction of sp³-hybridized carbons (Fsp3) is 0. The Kier molecular flexibility index (Phi) is 148. The molecule has 0 radical (unpaired) electrons. The molecule has 14 heteroatoms. The summed E-state index contributed by atoms with van der Waals surface area (Å²) in [5, 5.41) is 32.6. The van der Waals surface area contributed by atoms with Crippen LogP contribution in [0.2, 0.25) is 0 Å². The van der Waals surface area contributed by atoms with E-state index in [0.717, 1.165) is 0 Å². The molecule has 14 N–H and O–H groups in total. The van der Waals surface area contributed by atoms with Crippen molar-refractivity contribution in [2.24, 2.45) is 0 Å². The minimum absolute atomic E-state index is 0. The minimum Gasteiger partial charge on any atom is -0.543 e. The first-order chi connectivity index (χ1) is 4.37. The van der Waals surface area contributed by atoms with E-state index >= 15 is 0 Å². The summed E-state index contributed by atoms with van der Waals surface area (Å²) in [6.07, 6.45) is 0. The molecule has 0 aliphatic rings. The topological polar surface area (TPSA) is 316 Å². The van der Waals surface area contributed by atoms with Gasteiger partial charge >= 0.3 is 16.8 Å². The van der Waals surface area contributed by atoms with E-state index in [1.54, 1.807) is 0 Å². The van der Waals surface area contributed by atoms with E-state index < -0.39 is 17.0 Å². The Balaban J connectivity index is -0.00000001000. The molecule has 0 saturated heterocycles. The van der Waals surface area contributed by atoms with Gasteiger partial charge in [0.1, 0.15) is 0 Å². The molecular weight excluding hydrogens is 283 g/mol. The molecule has 0 rings (SSSR count). The molecule has 0 bridgehead atoms. The van der Waals surface area contributed by atoms with E-state index in [9.17, 15) is 0 Å². The predicted molar refractivity (Wildman–Crippen MR) is 43.9 cm³/mol. The molecule has 0 aromatic carbocycles. The van der Waals surface area contributed by atoms with Gasteiger partial charge in [0.05, 0.1) is 17.0 Å². The molecule has 104 valence electrons. The average molecular weight is 297 g/mol. The van der Waals surface area contributed by atoms with E-state index in [1.807, 2.05) is 0 Å². The third-order valence-corrected chi connectivity index (χ3v) is 0.167. The van der Waals surface area contributed by atoms with Gasteiger partial charge in [0, 0.05) is 0 Å². The summed E-state index contributed by atoms with van der Waals surface area (Å²) in [5.41, 5.74) is 0. The van der Waals surface area contributed by atoms with Crippen LogP contribution >= 0.6 is 0 Å². The van der Waals surface area contributed by atoms with Crippen LogP contribution in [0.1, 0.15) is 0 Å². The van der Waals surface area contributed by atoms with Gasteiger partial charge in [-0.1, -0.05) is 0 Å². The molecular formula is C2H14CoN4O9+. The van der Waals surface area contributed by atoms with Crippen LogP contribution in [0, 0.1) is 15.3 Å². The van der Waals surface area contributed by atoms with Crippen molar-refractivity contribution in [1.29, 1.82) is 0 Å². The fourth-order valence-electron chi connectivity index (χ4n) is 0. The SMILES string of the molecule is N.N.N.O.O=C([O-])C(=O)[O-].O=[N+]([O-])[O-].[Co+3].[OH3+]. The smallest absolute Gasteiger partial charge is 0.543 e. The number of hydrogen-bond acceptors (Lipinski definition) is 10. The van der Waals surface area contributed by atoms with Crippen molar-refractivity contribution < 1.29 is 52.6 Å². The van der Waals surface area contributed by atoms with E-state index in [-0.39, 0.29) is 46.2 Å². The van der Waals surface area contributed by atoms with Crippen molar-refractivity contribution in [2.75, 3.05) is 0 Å². The summed E-state index contributed by atoms with van der Waals surface area (Å²) in [7, 11) is 0. The van der Waals surface area contributed by atoms with Crippen molar-refractivity contribution in [1.82, 2.24) is 18.5 Å². The third-order valence-electron chi connectivity index (χ3n) is 0.167. The second-order valence-corrected chi connectivity index (χ2v) is 0.799. The second-order valence-electron chi connectivity index (χ2n) is 0.799. The van der Waals surface area contributed by atoms with Gasteiger partial charge < -0.3 is 64.5 Å². The normalized spacial score (nSPS) is 4.25. The maximum Gasteiger partial charge on any atom is 3.00 e. The van der Waals surface area contributed by atoms with Crippen molar-refractivity contribution >= 4 is 11.9 Å². The number of rotatable bonds is 0. The van der Waals surface area contributed by atoms with E-state index in [0.29, 0.717) is 0 Å². The van der Waals surface area contributed by atoms with Gasteiger partial charge in [-0.15, -0.1) is 0 Å². The number of hydrogen-bond donors (Lipinski definition) is 3. The first-order valence-electron chi connectivity index (χ1n) is 1.61. The number of aliphatic carboxylic acids is 2. The Morgan fingerprint density at radius 1 is 0.875 bits per heavy atom. The van der Waals surface area contributed by atoms with Crippen LogP contribution < -0.4 is 28.7 Å². The minimum atomic E-state index is -2.19. The molecule has 0 saturated carbocycles. The molecule has 0 fully saturated rings. The Labute approximate surface area is 99.1 Å². The first-order valence-corrected chi connectivity index (χ1v) is 1.61. The van der Waals surface area contributed by atoms with Crippen LogP contribution in [-0.4, -0.2) is 22.5 Å². The summed E-state index contributed by atoms with van der Waals surface area (Å²) in [6, 6.07) is 0. The molecule has 0 spiro atoms. The van der Waals surface area contributed by atoms with Crippen molar-refractivity contribution in [2.45, 2.75) is 0 Å². The fourth-order valence-corrected chi connectivity index (χ4v) is 0. The molecule has 16 heavy (non-hydrogen) atoms. The molecule has 0 aromatic heterocycles. The van der Waals surface area contributed by atoms with E-state index in [1.165, 1.54) is 0 Å². The Morgan fingerprint density at radius 3 is 0.938 bits per heavy atom. The van der Waals surface area contributed by atoms with Crippen molar-refractivity contribution in [3.8, 4) is 0 Å². The maximum atomic E-state index is 8.93. The predicted octanol–water partition coefficient (Wildman–Crippen LogP) is -5.02. The monoisotopic (exact) mass is 297 g/mol. The summed E-state index contributed by atoms with van der Waals surface area (Å²) in [5.74, 6) is -4.37. The standard InChI is InChI=1S/C2H2O4.Co.NO3.3H3N.2H2O/c3-1(4)2(5)6;;2-1(3)4;;;;;/h(H,3,4)(H,5,6);;;3*1H3;2*1H2/q;+3;-1;;;;;/p-1. The molecule has 0 aliphatic heterocycles. The quantitative estimate of drug-likeness (QED) is 0.165. The van der Waals surface area contributed by atoms with Crippen LogP contribution in [0.25, 0.3) is 0 Å². The Morgan fingerprint density at radius 2 is 0.938 bits per heavy atom. The van der Waals surface area contributed by atoms with Gasteiger partial charge in [-0.2, -0.15) is 0 Å². The van der Waals surface area contributed by atoms with Gasteiger partial charge in [-0.25, -0.2) is 0 Å². The van der Waals surface area contributed by atoms with Gasteiger partial charge in [-0.3, -0.25) is 0 Å². The number of carbonyl (C=O) groups excluding carboxylic acids is 2. The molecule has 0 unspecified atom stereocenters. The summed E-state index contributed by atoms with van der Waals surface area (Å²) < 4.78 is 0. The number of carbonyl (C=O) groups is 2. The van der Waals surface area contributed by atoms with Crippen LogP contribution in [0.4, 0.5) is 0 Å². The molecule has 0 heterocycles. The third kappa shape index (κ3) is 272. The van der Waals surface area contributed by atoms with E-state index in [4.69, 9.17) is 35.1 Å². The van der Waals surface area contributed by atoms with Crippen LogP contribution in [0.3, 0.4) is 0 Å². The largest absolute Gasteiger partial charge is 3.00 e. The molecule has 0 atom stereocenters. The van der Waals surface area contributed by atoms with Crippen LogP contribution in [0.5, 0.6) is 0 Å². The molecule has 0 aliphatic carbocycles. The van der Waals surface area contributed by atoms with Crippen molar-refractivity contribution in [3.05, 3.63) is 15.3 Å². The molecule has 13 nitrogen and oxygen atoms in total. The van der Waals surface area contributed by atoms with Crippen LogP contribution in [-0.2, 0) is 31.8 Å². The summed E-state index contributed by atoms with van der Waals surface area (Å²) >= 11 is 0. The Hall–Kier alpha value is -1.55. The zero-order chi connectivity index (χ0) is 8.73. The second kappa shape index (κ2) is 37.6. The number of carboxylic acids is 2. The first kappa shape index (κ1) is 62.9. The molecule has 0 amide bonds.